The van der Waals surface area contributed by atoms with Crippen molar-refractivity contribution < 1.29 is 13.2 Å². The second-order valence-corrected chi connectivity index (χ2v) is 1.57. The third-order valence-corrected chi connectivity index (χ3v) is 0.851. The van der Waals surface area contributed by atoms with E-state index in [1.54, 1.807) is 0 Å². The SMILES string of the molecule is FC(F)(F)C1=NC=C=C=C1. The number of aliphatic imine (C=N–C) groups is 1. The summed E-state index contributed by atoms with van der Waals surface area (Å²) in [7, 11) is 0. The van der Waals surface area contributed by atoms with E-state index in [0.29, 0.717) is 0 Å². The Bertz CT molecular complexity index is 259. The largest absolute Gasteiger partial charge is 0.434 e. The second-order valence-electron chi connectivity index (χ2n) is 1.57. The fraction of sp³-hybridized carbons (Fsp3) is 0.167. The van der Waals surface area contributed by atoms with E-state index in [-0.39, 0.29) is 0 Å². The van der Waals surface area contributed by atoms with Crippen molar-refractivity contribution in [3.63, 3.8) is 0 Å². The summed E-state index contributed by atoms with van der Waals surface area (Å²) >= 11 is 0. The lowest BCUT2D eigenvalue weighted by molar-refractivity contribution is -0.0576. The summed E-state index contributed by atoms with van der Waals surface area (Å²) in [4.78, 5) is 3.04. The van der Waals surface area contributed by atoms with Crippen molar-refractivity contribution in [3.8, 4) is 0 Å². The predicted octanol–water partition coefficient (Wildman–Crippen LogP) is 1.83. The molecule has 0 N–H and O–H groups in total. The van der Waals surface area contributed by atoms with E-state index in [0.717, 1.165) is 12.3 Å². The van der Waals surface area contributed by atoms with Gasteiger partial charge in [0.25, 0.3) is 0 Å². The molecule has 0 aromatic heterocycles. The molecule has 1 heterocycles. The number of hydrogen-bond donors (Lipinski definition) is 0. The van der Waals surface area contributed by atoms with E-state index in [9.17, 15) is 13.2 Å². The quantitative estimate of drug-likeness (QED) is 0.461. The molecule has 0 fully saturated rings. The number of rotatable bonds is 0. The van der Waals surface area contributed by atoms with Crippen molar-refractivity contribution >= 4 is 5.71 Å². The average Bonchev–Trinajstić information content (AvgIpc) is 1.88. The second kappa shape index (κ2) is 2.18. The molecular weight excluding hydrogens is 143 g/mol. The molecule has 0 aromatic carbocycles. The molecule has 1 rings (SSSR count). The minimum atomic E-state index is -4.37. The normalized spacial score (nSPS) is 15.7. The van der Waals surface area contributed by atoms with Gasteiger partial charge in [0.1, 0.15) is 0 Å². The highest BCUT2D eigenvalue weighted by Crippen LogP contribution is 2.18. The lowest BCUT2D eigenvalue weighted by Gasteiger charge is -2.03. The number of nitrogens with zero attached hydrogens (tertiary/aromatic N) is 1. The molecule has 10 heavy (non-hydrogen) atoms. The van der Waals surface area contributed by atoms with E-state index < -0.39 is 11.9 Å². The van der Waals surface area contributed by atoms with Gasteiger partial charge >= 0.3 is 6.18 Å². The van der Waals surface area contributed by atoms with Crippen LogP contribution in [0.4, 0.5) is 13.2 Å². The zero-order valence-electron chi connectivity index (χ0n) is 4.74. The Morgan fingerprint density at radius 2 is 2.00 bits per heavy atom. The first-order valence-electron chi connectivity index (χ1n) is 2.41. The molecule has 52 valence electrons. The van der Waals surface area contributed by atoms with E-state index in [1.807, 2.05) is 0 Å². The van der Waals surface area contributed by atoms with Crippen LogP contribution in [0.5, 0.6) is 0 Å². The Morgan fingerprint density at radius 3 is 2.30 bits per heavy atom. The highest BCUT2D eigenvalue weighted by molar-refractivity contribution is 6.00. The summed E-state index contributed by atoms with van der Waals surface area (Å²) in [6.45, 7) is 0. The van der Waals surface area contributed by atoms with Gasteiger partial charge in [-0.3, -0.25) is 0 Å². The lowest BCUT2D eigenvalue weighted by atomic mass is 10.3. The van der Waals surface area contributed by atoms with Gasteiger partial charge in [-0.05, 0) is 0 Å². The number of allylic oxidation sites excluding steroid dienone is 1. The summed E-state index contributed by atoms with van der Waals surface area (Å²) in [5.41, 5.74) is 3.49. The lowest BCUT2D eigenvalue weighted by Crippen LogP contribution is -2.20. The van der Waals surface area contributed by atoms with Crippen LogP contribution in [0.1, 0.15) is 0 Å². The van der Waals surface area contributed by atoms with Crippen molar-refractivity contribution in [1.82, 2.24) is 0 Å². The third-order valence-electron chi connectivity index (χ3n) is 0.851. The van der Waals surface area contributed by atoms with Crippen LogP contribution in [0.2, 0.25) is 0 Å². The highest BCUT2D eigenvalue weighted by atomic mass is 19.4. The topological polar surface area (TPSA) is 12.4 Å². The Morgan fingerprint density at radius 1 is 1.30 bits per heavy atom. The molecule has 1 aliphatic rings. The molecular formula is C6H2F3N. The van der Waals surface area contributed by atoms with Gasteiger partial charge in [-0.1, -0.05) is 11.5 Å². The molecule has 4 heteroatoms. The molecule has 0 unspecified atom stereocenters. The summed E-state index contributed by atoms with van der Waals surface area (Å²) in [6.07, 6.45) is -2.69. The smallest absolute Gasteiger partial charge is 0.242 e. The van der Waals surface area contributed by atoms with Gasteiger partial charge in [0.15, 0.2) is 5.71 Å². The Balaban J connectivity index is 2.91. The summed E-state index contributed by atoms with van der Waals surface area (Å²) in [6, 6.07) is 0. The molecule has 0 aliphatic carbocycles. The minimum absolute atomic E-state index is 0.750. The first-order chi connectivity index (χ1) is 4.61. The van der Waals surface area contributed by atoms with Crippen molar-refractivity contribution in [2.45, 2.75) is 6.18 Å². The van der Waals surface area contributed by atoms with Crippen LogP contribution in [-0.4, -0.2) is 11.9 Å². The molecule has 0 saturated carbocycles. The average molecular weight is 145 g/mol. The summed E-state index contributed by atoms with van der Waals surface area (Å²) < 4.78 is 35.1. The van der Waals surface area contributed by atoms with E-state index >= 15 is 0 Å². The molecule has 0 aromatic rings. The molecule has 0 amide bonds. The highest BCUT2D eigenvalue weighted by Gasteiger charge is 2.33. The van der Waals surface area contributed by atoms with Crippen LogP contribution in [0.15, 0.2) is 28.7 Å². The van der Waals surface area contributed by atoms with E-state index in [2.05, 4.69) is 16.5 Å². The van der Waals surface area contributed by atoms with Crippen molar-refractivity contribution in [2.75, 3.05) is 0 Å². The minimum Gasteiger partial charge on any atom is -0.242 e. The van der Waals surface area contributed by atoms with Gasteiger partial charge in [-0.2, -0.15) is 13.2 Å². The van der Waals surface area contributed by atoms with Crippen LogP contribution in [-0.2, 0) is 0 Å². The fourth-order valence-electron chi connectivity index (χ4n) is 0.441. The van der Waals surface area contributed by atoms with Crippen LogP contribution in [0.25, 0.3) is 0 Å². The Hall–Kier alpha value is -1.24. The van der Waals surface area contributed by atoms with Gasteiger partial charge in [-0.15, -0.1) is 0 Å². The van der Waals surface area contributed by atoms with Crippen LogP contribution < -0.4 is 0 Å². The standard InChI is InChI=1S/C6H2F3N/c7-6(8,9)5-3-1-2-4-10-5/h3-4H. The van der Waals surface area contributed by atoms with Crippen molar-refractivity contribution in [1.29, 1.82) is 0 Å². The maximum absolute atomic E-state index is 11.7. The number of hydrogen-bond acceptors (Lipinski definition) is 1. The molecule has 0 atom stereocenters. The zero-order chi connectivity index (χ0) is 7.61. The van der Waals surface area contributed by atoms with Crippen LogP contribution in [0.3, 0.4) is 0 Å². The van der Waals surface area contributed by atoms with Gasteiger partial charge in [0, 0.05) is 6.08 Å². The molecule has 0 bridgehead atoms. The van der Waals surface area contributed by atoms with E-state index in [4.69, 9.17) is 0 Å². The van der Waals surface area contributed by atoms with Crippen LogP contribution >= 0.6 is 0 Å². The Kier molecular flexibility index (Phi) is 1.50. The predicted molar refractivity (Wildman–Crippen MR) is 29.7 cm³/mol. The molecule has 0 radical (unpaired) electrons. The van der Waals surface area contributed by atoms with Crippen molar-refractivity contribution in [2.24, 2.45) is 4.99 Å². The fourth-order valence-corrected chi connectivity index (χ4v) is 0.441. The molecule has 0 saturated heterocycles. The number of halogens is 3. The summed E-state index contributed by atoms with van der Waals surface area (Å²) in [5.74, 6) is 0. The van der Waals surface area contributed by atoms with Gasteiger partial charge in [0.05, 0.1) is 6.20 Å². The maximum Gasteiger partial charge on any atom is 0.434 e. The number of alkyl halides is 3. The Labute approximate surface area is 54.9 Å². The van der Waals surface area contributed by atoms with Crippen molar-refractivity contribution in [3.05, 3.63) is 23.7 Å². The summed E-state index contributed by atoms with van der Waals surface area (Å²) in [5, 5.41) is 0. The zero-order valence-corrected chi connectivity index (χ0v) is 4.74. The third kappa shape index (κ3) is 1.38. The monoisotopic (exact) mass is 145 g/mol. The van der Waals surface area contributed by atoms with Gasteiger partial charge in [0.2, 0.25) is 0 Å². The maximum atomic E-state index is 11.7. The van der Waals surface area contributed by atoms with Crippen LogP contribution in [0, 0.1) is 0 Å². The molecule has 1 nitrogen and oxygen atoms in total. The van der Waals surface area contributed by atoms with Gasteiger partial charge in [-0.25, -0.2) is 4.99 Å². The molecule has 0 spiro atoms. The van der Waals surface area contributed by atoms with Gasteiger partial charge < -0.3 is 0 Å². The van der Waals surface area contributed by atoms with E-state index in [1.165, 1.54) is 0 Å². The first-order valence-corrected chi connectivity index (χ1v) is 2.41. The molecule has 1 aliphatic heterocycles. The first kappa shape index (κ1) is 6.87.